The molecule has 0 atom stereocenters. The minimum atomic E-state index is -0.638. The highest BCUT2D eigenvalue weighted by Gasteiger charge is 2.42. The third-order valence-corrected chi connectivity index (χ3v) is 3.66. The van der Waals surface area contributed by atoms with Crippen LogP contribution >= 0.6 is 0 Å². The number of nitrogens with zero attached hydrogens (tertiary/aromatic N) is 1. The van der Waals surface area contributed by atoms with Crippen LogP contribution in [0, 0.1) is 6.92 Å². The lowest BCUT2D eigenvalue weighted by molar-refractivity contribution is -0.138. The van der Waals surface area contributed by atoms with E-state index in [0.717, 1.165) is 11.1 Å². The first-order valence-corrected chi connectivity index (χ1v) is 6.30. The number of likely N-dealkylation sites (tertiary alicyclic amines) is 1. The van der Waals surface area contributed by atoms with Crippen LogP contribution in [0.5, 0.6) is 0 Å². The van der Waals surface area contributed by atoms with Crippen molar-refractivity contribution in [3.05, 3.63) is 35.4 Å². The molecule has 1 aromatic rings. The zero-order chi connectivity index (χ0) is 13.3. The predicted molar refractivity (Wildman–Crippen MR) is 70.3 cm³/mol. The van der Waals surface area contributed by atoms with Gasteiger partial charge in [-0.25, -0.2) is 0 Å². The van der Waals surface area contributed by atoms with E-state index in [9.17, 15) is 9.59 Å². The first kappa shape index (κ1) is 12.8. The molecule has 0 saturated carbocycles. The van der Waals surface area contributed by atoms with Crippen LogP contribution < -0.4 is 0 Å². The normalized spacial score (nSPS) is 18.2. The van der Waals surface area contributed by atoms with Gasteiger partial charge in [-0.1, -0.05) is 29.8 Å². The topological polar surface area (TPSA) is 37.4 Å². The molecule has 96 valence electrons. The van der Waals surface area contributed by atoms with Crippen LogP contribution in [0.15, 0.2) is 24.3 Å². The van der Waals surface area contributed by atoms with Crippen LogP contribution in [0.2, 0.25) is 0 Å². The summed E-state index contributed by atoms with van der Waals surface area (Å²) in [6.45, 7) is 6.22. The number of ketones is 1. The molecule has 0 aromatic heterocycles. The second-order valence-corrected chi connectivity index (χ2v) is 5.44. The molecule has 0 bridgehead atoms. The van der Waals surface area contributed by atoms with E-state index in [4.69, 9.17) is 0 Å². The number of carbonyl (C=O) groups excluding carboxylic acids is 2. The maximum atomic E-state index is 12.3. The van der Waals surface area contributed by atoms with E-state index in [2.05, 4.69) is 0 Å². The quantitative estimate of drug-likeness (QED) is 0.800. The van der Waals surface area contributed by atoms with Crippen LogP contribution in [0.25, 0.3) is 0 Å². The molecule has 0 unspecified atom stereocenters. The molecule has 1 heterocycles. The molecule has 3 nitrogen and oxygen atoms in total. The van der Waals surface area contributed by atoms with E-state index in [0.29, 0.717) is 19.4 Å². The fourth-order valence-electron chi connectivity index (χ4n) is 2.48. The summed E-state index contributed by atoms with van der Waals surface area (Å²) in [7, 11) is 0. The third-order valence-electron chi connectivity index (χ3n) is 3.66. The Balaban J connectivity index is 2.12. The van der Waals surface area contributed by atoms with Crippen LogP contribution in [0.4, 0.5) is 0 Å². The molecule has 1 saturated heterocycles. The predicted octanol–water partition coefficient (Wildman–Crippen LogP) is 2.12. The van der Waals surface area contributed by atoms with Gasteiger partial charge in [-0.15, -0.1) is 0 Å². The number of benzene rings is 1. The number of carbonyl (C=O) groups is 2. The molecule has 2 rings (SSSR count). The van der Waals surface area contributed by atoms with Gasteiger partial charge in [0.15, 0.2) is 5.78 Å². The molecule has 0 radical (unpaired) electrons. The SMILES string of the molecule is Cc1cccc(CC(=O)N2CCC(=O)C2(C)C)c1. The highest BCUT2D eigenvalue weighted by Crippen LogP contribution is 2.25. The summed E-state index contributed by atoms with van der Waals surface area (Å²) >= 11 is 0. The molecule has 3 heteroatoms. The molecule has 1 aliphatic rings. The third kappa shape index (κ3) is 2.30. The fraction of sp³-hybridized carbons (Fsp3) is 0.467. The summed E-state index contributed by atoms with van der Waals surface area (Å²) in [5.41, 5.74) is 1.52. The van der Waals surface area contributed by atoms with Gasteiger partial charge in [-0.3, -0.25) is 9.59 Å². The molecule has 1 aromatic carbocycles. The van der Waals surface area contributed by atoms with Crippen LogP contribution in [-0.4, -0.2) is 28.7 Å². The smallest absolute Gasteiger partial charge is 0.227 e. The summed E-state index contributed by atoms with van der Waals surface area (Å²) in [6.07, 6.45) is 0.852. The second kappa shape index (κ2) is 4.56. The van der Waals surface area contributed by atoms with Crippen LogP contribution in [0.3, 0.4) is 0 Å². The van der Waals surface area contributed by atoms with E-state index in [1.807, 2.05) is 45.0 Å². The molecule has 0 aliphatic carbocycles. The lowest BCUT2D eigenvalue weighted by Gasteiger charge is -2.30. The van der Waals surface area contributed by atoms with Crippen molar-refractivity contribution in [2.75, 3.05) is 6.54 Å². The maximum Gasteiger partial charge on any atom is 0.227 e. The summed E-state index contributed by atoms with van der Waals surface area (Å²) < 4.78 is 0. The van der Waals surface area contributed by atoms with Gasteiger partial charge in [0.05, 0.1) is 12.0 Å². The van der Waals surface area contributed by atoms with Crippen molar-refractivity contribution >= 4 is 11.7 Å². The molecule has 1 amide bonds. The number of rotatable bonds is 2. The number of hydrogen-bond acceptors (Lipinski definition) is 2. The Kier molecular flexibility index (Phi) is 3.24. The molecular formula is C15H19NO2. The molecular weight excluding hydrogens is 226 g/mol. The number of aryl methyl sites for hydroxylation is 1. The highest BCUT2D eigenvalue weighted by molar-refractivity contribution is 5.95. The zero-order valence-corrected chi connectivity index (χ0v) is 11.2. The summed E-state index contributed by atoms with van der Waals surface area (Å²) in [6, 6.07) is 7.94. The van der Waals surface area contributed by atoms with Gasteiger partial charge in [0.1, 0.15) is 0 Å². The van der Waals surface area contributed by atoms with Gasteiger partial charge in [-0.05, 0) is 26.3 Å². The Hall–Kier alpha value is -1.64. The Morgan fingerprint density at radius 1 is 1.39 bits per heavy atom. The van der Waals surface area contributed by atoms with Crippen molar-refractivity contribution in [3.8, 4) is 0 Å². The van der Waals surface area contributed by atoms with E-state index in [-0.39, 0.29) is 11.7 Å². The van der Waals surface area contributed by atoms with Gasteiger partial charge in [0.25, 0.3) is 0 Å². The standard InChI is InChI=1S/C15H19NO2/c1-11-5-4-6-12(9-11)10-14(18)16-8-7-13(17)15(16,2)3/h4-6,9H,7-8,10H2,1-3H3. The Morgan fingerprint density at radius 2 is 2.11 bits per heavy atom. The molecule has 0 spiro atoms. The number of hydrogen-bond donors (Lipinski definition) is 0. The summed E-state index contributed by atoms with van der Waals surface area (Å²) in [5.74, 6) is 0.191. The average Bonchev–Trinajstić information content (AvgIpc) is 2.54. The van der Waals surface area contributed by atoms with Crippen molar-refractivity contribution < 1.29 is 9.59 Å². The molecule has 18 heavy (non-hydrogen) atoms. The monoisotopic (exact) mass is 245 g/mol. The van der Waals surface area contributed by atoms with Crippen LogP contribution in [-0.2, 0) is 16.0 Å². The van der Waals surface area contributed by atoms with Gasteiger partial charge in [0, 0.05) is 13.0 Å². The van der Waals surface area contributed by atoms with Crippen molar-refractivity contribution in [1.82, 2.24) is 4.90 Å². The maximum absolute atomic E-state index is 12.3. The summed E-state index contributed by atoms with van der Waals surface area (Å²) in [4.78, 5) is 25.7. The minimum absolute atomic E-state index is 0.0384. The lowest BCUT2D eigenvalue weighted by atomic mass is 9.99. The lowest BCUT2D eigenvalue weighted by Crippen LogP contribution is -2.46. The van der Waals surface area contributed by atoms with E-state index in [1.54, 1.807) is 4.90 Å². The molecule has 1 fully saturated rings. The highest BCUT2D eigenvalue weighted by atomic mass is 16.2. The van der Waals surface area contributed by atoms with Crippen molar-refractivity contribution in [2.24, 2.45) is 0 Å². The van der Waals surface area contributed by atoms with E-state index < -0.39 is 5.54 Å². The molecule has 1 aliphatic heterocycles. The van der Waals surface area contributed by atoms with E-state index >= 15 is 0 Å². The van der Waals surface area contributed by atoms with Gasteiger partial charge < -0.3 is 4.90 Å². The first-order valence-electron chi connectivity index (χ1n) is 6.30. The van der Waals surface area contributed by atoms with Crippen molar-refractivity contribution in [3.63, 3.8) is 0 Å². The largest absolute Gasteiger partial charge is 0.330 e. The molecule has 0 N–H and O–H groups in total. The van der Waals surface area contributed by atoms with E-state index in [1.165, 1.54) is 0 Å². The Labute approximate surface area is 108 Å². The minimum Gasteiger partial charge on any atom is -0.330 e. The van der Waals surface area contributed by atoms with Gasteiger partial charge in [0.2, 0.25) is 5.91 Å². The van der Waals surface area contributed by atoms with Crippen molar-refractivity contribution in [1.29, 1.82) is 0 Å². The zero-order valence-electron chi connectivity index (χ0n) is 11.2. The van der Waals surface area contributed by atoms with Gasteiger partial charge >= 0.3 is 0 Å². The van der Waals surface area contributed by atoms with Crippen LogP contribution in [0.1, 0.15) is 31.4 Å². The van der Waals surface area contributed by atoms with Crippen molar-refractivity contribution in [2.45, 2.75) is 39.2 Å². The first-order chi connectivity index (χ1) is 8.41. The Morgan fingerprint density at radius 3 is 2.67 bits per heavy atom. The number of amides is 1. The summed E-state index contributed by atoms with van der Waals surface area (Å²) in [5, 5.41) is 0. The van der Waals surface area contributed by atoms with Gasteiger partial charge in [-0.2, -0.15) is 0 Å². The fourth-order valence-corrected chi connectivity index (χ4v) is 2.48. The second-order valence-electron chi connectivity index (χ2n) is 5.44. The number of Topliss-reactive ketones (excluding diaryl/α,β-unsaturated/α-hetero) is 1. The Bertz CT molecular complexity index is 491. The average molecular weight is 245 g/mol.